The lowest BCUT2D eigenvalue weighted by Gasteiger charge is -2.04. The quantitative estimate of drug-likeness (QED) is 0.210. The molecule has 0 amide bonds. The Morgan fingerprint density at radius 1 is 0.447 bits per heavy atom. The fourth-order valence-electron chi connectivity index (χ4n) is 3.22. The molecule has 0 unspecified atom stereocenters. The van der Waals surface area contributed by atoms with Crippen LogP contribution in [-0.2, 0) is 0 Å². The number of rotatable bonds is 5. The minimum Gasteiger partial charge on any atom is -0.508 e. The van der Waals surface area contributed by atoms with E-state index < -0.39 is 0 Å². The van der Waals surface area contributed by atoms with Crippen LogP contribution in [0.2, 0.25) is 0 Å². The number of ether oxygens (including phenoxy) is 3. The summed E-state index contributed by atoms with van der Waals surface area (Å²) in [5, 5.41) is 27.9. The van der Waals surface area contributed by atoms with E-state index in [9.17, 15) is 10.2 Å². The average Bonchev–Trinajstić information content (AvgIpc) is 2.97. The lowest BCUT2D eigenvalue weighted by atomic mass is 10.0. The molecule has 0 radical (unpaired) electrons. The largest absolute Gasteiger partial charge is 0.508 e. The van der Waals surface area contributed by atoms with Gasteiger partial charge in [-0.05, 0) is 84.4 Å². The molecule has 0 aliphatic heterocycles. The predicted molar refractivity (Wildman–Crippen MR) is 149 cm³/mol. The van der Waals surface area contributed by atoms with Crippen LogP contribution >= 0.6 is 0 Å². The highest BCUT2D eigenvalue weighted by Gasteiger charge is 2.04. The van der Waals surface area contributed by atoms with Crippen LogP contribution in [0.4, 0.5) is 0 Å². The summed E-state index contributed by atoms with van der Waals surface area (Å²) in [6.45, 7) is 0. The van der Waals surface area contributed by atoms with Gasteiger partial charge in [-0.25, -0.2) is 0 Å². The first kappa shape index (κ1) is 27.5. The first-order chi connectivity index (χ1) is 18.5. The standard InChI is InChI=1S/2C12H10O2.C8H10O2/c13-10-6-8-12(9-7-10)14-11-4-2-1-3-5-11;13-10-6-7-12(14)11(8-10)9-4-2-1-3-5-9;1-9-7-3-5-8(10-2)6-4-7/h1-9,13H;1-8,13-14H;3-6H,1-2H3. The third-order valence-electron chi connectivity index (χ3n) is 5.18. The summed E-state index contributed by atoms with van der Waals surface area (Å²) >= 11 is 0. The Balaban J connectivity index is 0.000000161. The van der Waals surface area contributed by atoms with Crippen molar-refractivity contribution in [2.24, 2.45) is 0 Å². The molecule has 6 heteroatoms. The summed E-state index contributed by atoms with van der Waals surface area (Å²) in [5.74, 6) is 3.77. The SMILES string of the molecule is COc1ccc(OC)cc1.Oc1ccc(O)c(-c2ccccc2)c1.Oc1ccc(Oc2ccccc2)cc1. The summed E-state index contributed by atoms with van der Waals surface area (Å²) in [4.78, 5) is 0. The van der Waals surface area contributed by atoms with Gasteiger partial charge in [0, 0.05) is 5.56 Å². The van der Waals surface area contributed by atoms with E-state index in [0.717, 1.165) is 22.8 Å². The van der Waals surface area contributed by atoms with Gasteiger partial charge in [0.05, 0.1) is 14.2 Å². The van der Waals surface area contributed by atoms with Crippen molar-refractivity contribution in [2.45, 2.75) is 0 Å². The molecule has 5 rings (SSSR count). The molecule has 3 N–H and O–H groups in total. The molecule has 0 aromatic heterocycles. The molecular weight excluding hydrogens is 480 g/mol. The van der Waals surface area contributed by atoms with Crippen LogP contribution in [0.3, 0.4) is 0 Å². The average molecular weight is 511 g/mol. The highest BCUT2D eigenvalue weighted by atomic mass is 16.5. The fraction of sp³-hybridized carbons (Fsp3) is 0.0625. The third kappa shape index (κ3) is 8.84. The van der Waals surface area contributed by atoms with E-state index >= 15 is 0 Å². The van der Waals surface area contributed by atoms with Gasteiger partial charge in [0.2, 0.25) is 0 Å². The summed E-state index contributed by atoms with van der Waals surface area (Å²) in [6, 6.07) is 37.5. The number of hydrogen-bond donors (Lipinski definition) is 3. The van der Waals surface area contributed by atoms with Crippen molar-refractivity contribution < 1.29 is 29.5 Å². The van der Waals surface area contributed by atoms with Crippen LogP contribution in [0, 0.1) is 0 Å². The van der Waals surface area contributed by atoms with Gasteiger partial charge in [-0.3, -0.25) is 0 Å². The minimum atomic E-state index is 0.154. The monoisotopic (exact) mass is 510 g/mol. The van der Waals surface area contributed by atoms with Gasteiger partial charge in [-0.1, -0.05) is 48.5 Å². The summed E-state index contributed by atoms with van der Waals surface area (Å²) in [6.07, 6.45) is 0. The molecule has 0 aliphatic carbocycles. The maximum absolute atomic E-state index is 9.58. The van der Waals surface area contributed by atoms with Crippen LogP contribution in [0.5, 0.6) is 40.2 Å². The number of phenols is 3. The molecule has 0 saturated carbocycles. The Kier molecular flexibility index (Phi) is 10.5. The predicted octanol–water partition coefficient (Wildman–Crippen LogP) is 7.65. The van der Waals surface area contributed by atoms with Crippen LogP contribution in [0.15, 0.2) is 127 Å². The lowest BCUT2D eigenvalue weighted by molar-refractivity contribution is 0.403. The second-order valence-electron chi connectivity index (χ2n) is 7.86. The maximum Gasteiger partial charge on any atom is 0.127 e. The van der Waals surface area contributed by atoms with Crippen LogP contribution in [-0.4, -0.2) is 29.5 Å². The molecule has 0 aliphatic rings. The first-order valence-electron chi connectivity index (χ1n) is 11.8. The van der Waals surface area contributed by atoms with Crippen molar-refractivity contribution in [1.29, 1.82) is 0 Å². The van der Waals surface area contributed by atoms with E-state index in [-0.39, 0.29) is 17.2 Å². The molecule has 0 bridgehead atoms. The third-order valence-corrected chi connectivity index (χ3v) is 5.18. The number of phenolic OH excluding ortho intramolecular Hbond substituents is 3. The molecule has 0 heterocycles. The number of benzene rings is 5. The van der Waals surface area contributed by atoms with Crippen molar-refractivity contribution in [3.8, 4) is 51.4 Å². The first-order valence-corrected chi connectivity index (χ1v) is 11.8. The number of hydrogen-bond acceptors (Lipinski definition) is 6. The van der Waals surface area contributed by atoms with E-state index in [4.69, 9.17) is 19.3 Å². The minimum absolute atomic E-state index is 0.154. The van der Waals surface area contributed by atoms with Crippen molar-refractivity contribution in [3.63, 3.8) is 0 Å². The highest BCUT2D eigenvalue weighted by molar-refractivity contribution is 5.71. The van der Waals surface area contributed by atoms with E-state index in [1.807, 2.05) is 84.9 Å². The molecular formula is C32H30O6. The molecule has 0 fully saturated rings. The van der Waals surface area contributed by atoms with Crippen molar-refractivity contribution in [2.75, 3.05) is 14.2 Å². The Labute approximate surface area is 222 Å². The van der Waals surface area contributed by atoms with Gasteiger partial charge in [0.15, 0.2) is 0 Å². The Morgan fingerprint density at radius 2 is 0.895 bits per heavy atom. The van der Waals surface area contributed by atoms with Gasteiger partial charge in [-0.15, -0.1) is 0 Å². The lowest BCUT2D eigenvalue weighted by Crippen LogP contribution is -1.83. The molecule has 0 atom stereocenters. The molecule has 0 spiro atoms. The van der Waals surface area contributed by atoms with E-state index in [1.54, 1.807) is 44.6 Å². The molecule has 0 saturated heterocycles. The summed E-state index contributed by atoms with van der Waals surface area (Å²) < 4.78 is 15.4. The Hall–Kier alpha value is -5.10. The number of aromatic hydroxyl groups is 3. The molecule has 6 nitrogen and oxygen atoms in total. The van der Waals surface area contributed by atoms with E-state index in [1.165, 1.54) is 12.1 Å². The maximum atomic E-state index is 9.58. The second kappa shape index (κ2) is 14.5. The van der Waals surface area contributed by atoms with Gasteiger partial charge in [0.1, 0.15) is 40.2 Å². The fourth-order valence-corrected chi connectivity index (χ4v) is 3.22. The summed E-state index contributed by atoms with van der Waals surface area (Å²) in [7, 11) is 3.28. The zero-order valence-corrected chi connectivity index (χ0v) is 21.2. The van der Waals surface area contributed by atoms with Gasteiger partial charge < -0.3 is 29.5 Å². The van der Waals surface area contributed by atoms with Crippen LogP contribution in [0.25, 0.3) is 11.1 Å². The summed E-state index contributed by atoms with van der Waals surface area (Å²) in [5.41, 5.74) is 1.53. The second-order valence-corrected chi connectivity index (χ2v) is 7.86. The van der Waals surface area contributed by atoms with Gasteiger partial charge in [0.25, 0.3) is 0 Å². The molecule has 38 heavy (non-hydrogen) atoms. The number of methoxy groups -OCH3 is 2. The zero-order chi connectivity index (χ0) is 27.2. The van der Waals surface area contributed by atoms with Crippen LogP contribution in [0.1, 0.15) is 0 Å². The van der Waals surface area contributed by atoms with Crippen molar-refractivity contribution >= 4 is 0 Å². The molecule has 5 aromatic rings. The van der Waals surface area contributed by atoms with Crippen LogP contribution < -0.4 is 14.2 Å². The van der Waals surface area contributed by atoms with Crippen molar-refractivity contribution in [3.05, 3.63) is 127 Å². The topological polar surface area (TPSA) is 88.4 Å². The van der Waals surface area contributed by atoms with E-state index in [2.05, 4.69) is 0 Å². The zero-order valence-electron chi connectivity index (χ0n) is 21.2. The Bertz CT molecular complexity index is 1330. The molecule has 5 aromatic carbocycles. The van der Waals surface area contributed by atoms with Crippen molar-refractivity contribution in [1.82, 2.24) is 0 Å². The highest BCUT2D eigenvalue weighted by Crippen LogP contribution is 2.31. The molecule has 194 valence electrons. The normalized spacial score (nSPS) is 9.63. The van der Waals surface area contributed by atoms with E-state index in [0.29, 0.717) is 11.3 Å². The smallest absolute Gasteiger partial charge is 0.127 e. The van der Waals surface area contributed by atoms with Gasteiger partial charge in [-0.2, -0.15) is 0 Å². The van der Waals surface area contributed by atoms with Gasteiger partial charge >= 0.3 is 0 Å². The number of para-hydroxylation sites is 1. The Morgan fingerprint density at radius 3 is 1.42 bits per heavy atom.